The van der Waals surface area contributed by atoms with Gasteiger partial charge in [-0.1, -0.05) is 29.8 Å². The van der Waals surface area contributed by atoms with E-state index in [9.17, 15) is 14.4 Å². The van der Waals surface area contributed by atoms with Crippen LogP contribution in [0.5, 0.6) is 0 Å². The molecule has 0 saturated carbocycles. The Morgan fingerprint density at radius 1 is 1.07 bits per heavy atom. The number of hydrogen-bond acceptors (Lipinski definition) is 5. The molecule has 0 radical (unpaired) electrons. The molecule has 0 aliphatic carbocycles. The number of carbonyl (C=O) groups excluding carboxylic acids is 2. The molecule has 4 rings (SSSR count). The van der Waals surface area contributed by atoms with Gasteiger partial charge in [0.05, 0.1) is 5.39 Å². The number of fused-ring (bicyclic) bond motifs is 2. The van der Waals surface area contributed by atoms with Crippen LogP contribution in [0.25, 0.3) is 21.9 Å². The minimum atomic E-state index is -1.04. The molecule has 6 nitrogen and oxygen atoms in total. The van der Waals surface area contributed by atoms with E-state index in [1.165, 1.54) is 6.92 Å². The lowest BCUT2D eigenvalue weighted by molar-refractivity contribution is 0.0290. The van der Waals surface area contributed by atoms with Gasteiger partial charge in [0.1, 0.15) is 5.58 Å². The van der Waals surface area contributed by atoms with Crippen molar-refractivity contribution in [1.29, 1.82) is 0 Å². The standard InChI is InChI=1S/C22H17NO5/c1-12-7-8-19-15(9-12)18(24)10-20(28-19)22(26)27-13(2)21(25)16-11-23-17-6-4-3-5-14(16)17/h3-11,13,23H,1-2H3/t13-/m1/s1. The number of ether oxygens (including phenoxy) is 1. The zero-order valence-corrected chi connectivity index (χ0v) is 15.3. The third-order valence-corrected chi connectivity index (χ3v) is 4.59. The Labute approximate surface area is 159 Å². The first-order valence-corrected chi connectivity index (χ1v) is 8.80. The first kappa shape index (κ1) is 17.7. The van der Waals surface area contributed by atoms with Crippen molar-refractivity contribution in [3.63, 3.8) is 0 Å². The van der Waals surface area contributed by atoms with E-state index in [1.807, 2.05) is 31.2 Å². The van der Waals surface area contributed by atoms with Gasteiger partial charge in [-0.25, -0.2) is 4.79 Å². The molecule has 28 heavy (non-hydrogen) atoms. The molecule has 140 valence electrons. The van der Waals surface area contributed by atoms with Crippen LogP contribution in [-0.4, -0.2) is 22.8 Å². The van der Waals surface area contributed by atoms with Gasteiger partial charge in [-0.2, -0.15) is 0 Å². The lowest BCUT2D eigenvalue weighted by Gasteiger charge is -2.11. The number of nitrogens with one attached hydrogen (secondary N) is 1. The topological polar surface area (TPSA) is 89.4 Å². The Kier molecular flexibility index (Phi) is 4.31. The number of H-pyrrole nitrogens is 1. The molecule has 1 atom stereocenters. The highest BCUT2D eigenvalue weighted by Gasteiger charge is 2.24. The first-order chi connectivity index (χ1) is 13.4. The van der Waals surface area contributed by atoms with Crippen molar-refractivity contribution >= 4 is 33.6 Å². The van der Waals surface area contributed by atoms with E-state index in [4.69, 9.17) is 9.15 Å². The zero-order valence-electron chi connectivity index (χ0n) is 15.3. The summed E-state index contributed by atoms with van der Waals surface area (Å²) in [5, 5.41) is 1.14. The highest BCUT2D eigenvalue weighted by Crippen LogP contribution is 2.21. The molecule has 2 aromatic heterocycles. The fourth-order valence-electron chi connectivity index (χ4n) is 3.14. The van der Waals surface area contributed by atoms with Crippen LogP contribution in [0.15, 0.2) is 63.9 Å². The zero-order chi connectivity index (χ0) is 19.8. The molecular weight excluding hydrogens is 358 g/mol. The average molecular weight is 375 g/mol. The molecule has 4 aromatic rings. The van der Waals surface area contributed by atoms with Gasteiger partial charge in [0.25, 0.3) is 0 Å². The maximum atomic E-state index is 12.7. The minimum absolute atomic E-state index is 0.236. The maximum absolute atomic E-state index is 12.7. The lowest BCUT2D eigenvalue weighted by Crippen LogP contribution is -2.24. The summed E-state index contributed by atoms with van der Waals surface area (Å²) >= 11 is 0. The van der Waals surface area contributed by atoms with Gasteiger partial charge in [-0.15, -0.1) is 0 Å². The van der Waals surface area contributed by atoms with Crippen LogP contribution in [0.4, 0.5) is 0 Å². The van der Waals surface area contributed by atoms with Gasteiger partial charge < -0.3 is 14.1 Å². The van der Waals surface area contributed by atoms with Crippen molar-refractivity contribution in [3.05, 3.63) is 81.8 Å². The molecule has 2 heterocycles. The van der Waals surface area contributed by atoms with Crippen molar-refractivity contribution in [2.45, 2.75) is 20.0 Å². The Morgan fingerprint density at radius 2 is 1.86 bits per heavy atom. The molecule has 2 aromatic carbocycles. The molecule has 0 spiro atoms. The number of aromatic amines is 1. The Balaban J connectivity index is 1.59. The number of carbonyl (C=O) groups is 2. The summed E-state index contributed by atoms with van der Waals surface area (Å²) in [6.07, 6.45) is 0.557. The first-order valence-electron chi connectivity index (χ1n) is 8.80. The second kappa shape index (κ2) is 6.81. The molecule has 1 N–H and O–H groups in total. The predicted molar refractivity (Wildman–Crippen MR) is 105 cm³/mol. The van der Waals surface area contributed by atoms with Gasteiger partial charge in [-0.3, -0.25) is 9.59 Å². The third kappa shape index (κ3) is 3.09. The van der Waals surface area contributed by atoms with Crippen molar-refractivity contribution in [3.8, 4) is 0 Å². The highest BCUT2D eigenvalue weighted by molar-refractivity contribution is 6.10. The van der Waals surface area contributed by atoms with Gasteiger partial charge in [0, 0.05) is 28.7 Å². The normalized spacial score (nSPS) is 12.2. The van der Waals surface area contributed by atoms with Gasteiger partial charge in [-0.05, 0) is 32.0 Å². The van der Waals surface area contributed by atoms with Crippen LogP contribution in [-0.2, 0) is 4.74 Å². The number of Topliss-reactive ketones (excluding diaryl/α,β-unsaturated/α-hetero) is 1. The molecule has 0 amide bonds. The summed E-state index contributed by atoms with van der Waals surface area (Å²) < 4.78 is 10.8. The Hall–Kier alpha value is -3.67. The monoisotopic (exact) mass is 375 g/mol. The lowest BCUT2D eigenvalue weighted by atomic mass is 10.1. The van der Waals surface area contributed by atoms with Crippen LogP contribution in [0.2, 0.25) is 0 Å². The quantitative estimate of drug-likeness (QED) is 0.430. The fourth-order valence-corrected chi connectivity index (χ4v) is 3.14. The molecule has 0 bridgehead atoms. The molecular formula is C22H17NO5. The van der Waals surface area contributed by atoms with Crippen molar-refractivity contribution in [2.24, 2.45) is 0 Å². The number of hydrogen-bond donors (Lipinski definition) is 1. The van der Waals surface area contributed by atoms with Crippen molar-refractivity contribution in [2.75, 3.05) is 0 Å². The van der Waals surface area contributed by atoms with Crippen molar-refractivity contribution < 1.29 is 18.7 Å². The predicted octanol–water partition coefficient (Wildman–Crippen LogP) is 4.01. The molecule has 0 aliphatic rings. The fraction of sp³-hybridized carbons (Fsp3) is 0.136. The number of rotatable bonds is 4. The summed E-state index contributed by atoms with van der Waals surface area (Å²) in [5.74, 6) is -1.44. The molecule has 0 aliphatic heterocycles. The Bertz CT molecular complexity index is 1280. The summed E-state index contributed by atoms with van der Waals surface area (Å²) in [4.78, 5) is 40.4. The second-order valence-electron chi connectivity index (χ2n) is 6.63. The molecule has 0 saturated heterocycles. The highest BCUT2D eigenvalue weighted by atomic mass is 16.6. The van der Waals surface area contributed by atoms with E-state index in [0.717, 1.165) is 22.5 Å². The van der Waals surface area contributed by atoms with Gasteiger partial charge >= 0.3 is 5.97 Å². The smallest absolute Gasteiger partial charge is 0.375 e. The number of benzene rings is 2. The number of aryl methyl sites for hydroxylation is 1. The van der Waals surface area contributed by atoms with E-state index in [0.29, 0.717) is 16.5 Å². The summed E-state index contributed by atoms with van der Waals surface area (Å²) in [6.45, 7) is 3.35. The molecule has 6 heteroatoms. The number of aromatic nitrogens is 1. The van der Waals surface area contributed by atoms with E-state index < -0.39 is 12.1 Å². The summed E-state index contributed by atoms with van der Waals surface area (Å²) in [6, 6.07) is 13.6. The van der Waals surface area contributed by atoms with Gasteiger partial charge in [0.15, 0.2) is 11.5 Å². The van der Waals surface area contributed by atoms with Crippen LogP contribution >= 0.6 is 0 Å². The average Bonchev–Trinajstić information content (AvgIpc) is 3.11. The SMILES string of the molecule is Cc1ccc2oc(C(=O)O[C@H](C)C(=O)c3c[nH]c4ccccc34)cc(=O)c2c1. The number of ketones is 1. The van der Waals surface area contributed by atoms with E-state index >= 15 is 0 Å². The number of esters is 1. The Morgan fingerprint density at radius 3 is 2.68 bits per heavy atom. The van der Waals surface area contributed by atoms with Crippen LogP contribution in [0.3, 0.4) is 0 Å². The largest absolute Gasteiger partial charge is 0.449 e. The van der Waals surface area contributed by atoms with Crippen LogP contribution in [0.1, 0.15) is 33.4 Å². The van der Waals surface area contributed by atoms with Gasteiger partial charge in [0.2, 0.25) is 11.5 Å². The van der Waals surface area contributed by atoms with Crippen LogP contribution < -0.4 is 5.43 Å². The summed E-state index contributed by atoms with van der Waals surface area (Å²) in [5.41, 5.74) is 2.12. The third-order valence-electron chi connectivity index (χ3n) is 4.59. The van der Waals surface area contributed by atoms with E-state index in [-0.39, 0.29) is 17.0 Å². The summed E-state index contributed by atoms with van der Waals surface area (Å²) in [7, 11) is 0. The van der Waals surface area contributed by atoms with Crippen molar-refractivity contribution in [1.82, 2.24) is 4.98 Å². The second-order valence-corrected chi connectivity index (χ2v) is 6.63. The van der Waals surface area contributed by atoms with E-state index in [2.05, 4.69) is 4.98 Å². The molecule has 0 unspecified atom stereocenters. The maximum Gasteiger partial charge on any atom is 0.375 e. The molecule has 0 fully saturated rings. The minimum Gasteiger partial charge on any atom is -0.449 e. The van der Waals surface area contributed by atoms with Crippen LogP contribution in [0, 0.1) is 6.92 Å². The number of para-hydroxylation sites is 1. The van der Waals surface area contributed by atoms with E-state index in [1.54, 1.807) is 24.4 Å².